The number of carbonyl (C=O) groups excluding carboxylic acids is 1. The third kappa shape index (κ3) is 5.00. The molecule has 3 N–H and O–H groups in total. The summed E-state index contributed by atoms with van der Waals surface area (Å²) in [4.78, 5) is 11.6. The van der Waals surface area contributed by atoms with Gasteiger partial charge in [-0.25, -0.2) is 0 Å². The average molecular weight is 234 g/mol. The Morgan fingerprint density at radius 1 is 1.47 bits per heavy atom. The number of nitrogens with two attached hydrogens (primary N) is 1. The number of carbonyl (C=O) groups is 1. The predicted octanol–water partition coefficient (Wildman–Crippen LogP) is 1.78. The summed E-state index contributed by atoms with van der Waals surface area (Å²) in [5.41, 5.74) is 8.21. The van der Waals surface area contributed by atoms with Crippen LogP contribution in [0.3, 0.4) is 0 Å². The van der Waals surface area contributed by atoms with Crippen molar-refractivity contribution in [3.05, 3.63) is 35.4 Å². The molecule has 3 nitrogen and oxygen atoms in total. The number of nitrogens with one attached hydrogen (secondary N) is 1. The molecule has 0 fully saturated rings. The van der Waals surface area contributed by atoms with Gasteiger partial charge in [-0.15, -0.1) is 0 Å². The maximum atomic E-state index is 11.6. The summed E-state index contributed by atoms with van der Waals surface area (Å²) in [5.74, 6) is -0.0421. The molecule has 1 rings (SSSR count). The van der Waals surface area contributed by atoms with Crippen LogP contribution < -0.4 is 11.1 Å². The number of aryl methyl sites for hydroxylation is 1. The Kier molecular flexibility index (Phi) is 5.70. The lowest BCUT2D eigenvalue weighted by Gasteiger charge is -2.11. The highest BCUT2D eigenvalue weighted by Crippen LogP contribution is 2.04. The van der Waals surface area contributed by atoms with Gasteiger partial charge in [0.25, 0.3) is 0 Å². The lowest BCUT2D eigenvalue weighted by atomic mass is 10.1. The first-order valence-electron chi connectivity index (χ1n) is 6.22. The highest BCUT2D eigenvalue weighted by molar-refractivity contribution is 5.81. The van der Waals surface area contributed by atoms with Crippen LogP contribution in [0.5, 0.6) is 0 Å². The van der Waals surface area contributed by atoms with E-state index in [1.165, 1.54) is 11.1 Å². The molecule has 1 atom stereocenters. The third-order valence-corrected chi connectivity index (χ3v) is 2.73. The number of hydrogen-bond donors (Lipinski definition) is 2. The van der Waals surface area contributed by atoms with E-state index in [1.54, 1.807) is 0 Å². The second-order valence-electron chi connectivity index (χ2n) is 4.43. The van der Waals surface area contributed by atoms with Gasteiger partial charge in [0, 0.05) is 6.54 Å². The SMILES string of the molecule is CCC[C@H](N)C(=O)NCCc1cccc(C)c1. The second kappa shape index (κ2) is 7.07. The Bertz CT molecular complexity index is 363. The number of hydrogen-bond acceptors (Lipinski definition) is 2. The van der Waals surface area contributed by atoms with Gasteiger partial charge in [-0.05, 0) is 25.3 Å². The van der Waals surface area contributed by atoms with Crippen LogP contribution in [0.2, 0.25) is 0 Å². The molecular weight excluding hydrogens is 212 g/mol. The Hall–Kier alpha value is -1.35. The molecule has 1 aromatic carbocycles. The molecule has 0 aliphatic heterocycles. The molecule has 94 valence electrons. The van der Waals surface area contributed by atoms with Crippen molar-refractivity contribution >= 4 is 5.91 Å². The van der Waals surface area contributed by atoms with E-state index < -0.39 is 0 Å². The van der Waals surface area contributed by atoms with Crippen LogP contribution >= 0.6 is 0 Å². The molecule has 0 aliphatic carbocycles. The zero-order valence-corrected chi connectivity index (χ0v) is 10.7. The van der Waals surface area contributed by atoms with Crippen molar-refractivity contribution in [1.29, 1.82) is 0 Å². The van der Waals surface area contributed by atoms with Gasteiger partial charge < -0.3 is 11.1 Å². The van der Waals surface area contributed by atoms with Crippen LogP contribution in [0.25, 0.3) is 0 Å². The van der Waals surface area contributed by atoms with E-state index >= 15 is 0 Å². The van der Waals surface area contributed by atoms with Gasteiger partial charge in [-0.2, -0.15) is 0 Å². The first-order chi connectivity index (χ1) is 8.13. The maximum Gasteiger partial charge on any atom is 0.236 e. The van der Waals surface area contributed by atoms with Crippen molar-refractivity contribution in [2.75, 3.05) is 6.54 Å². The van der Waals surface area contributed by atoms with Crippen molar-refractivity contribution in [1.82, 2.24) is 5.32 Å². The zero-order chi connectivity index (χ0) is 12.7. The molecular formula is C14H22N2O. The first-order valence-corrected chi connectivity index (χ1v) is 6.22. The van der Waals surface area contributed by atoms with Crippen LogP contribution in [0.4, 0.5) is 0 Å². The molecule has 17 heavy (non-hydrogen) atoms. The van der Waals surface area contributed by atoms with Crippen molar-refractivity contribution in [3.63, 3.8) is 0 Å². The standard InChI is InChI=1S/C14H22N2O/c1-3-5-13(15)14(17)16-9-8-12-7-4-6-11(2)10-12/h4,6-7,10,13H,3,5,8-9,15H2,1-2H3,(H,16,17)/t13-/m0/s1. The van der Waals surface area contributed by atoms with Crippen molar-refractivity contribution in [3.8, 4) is 0 Å². The topological polar surface area (TPSA) is 55.1 Å². The van der Waals surface area contributed by atoms with Crippen LogP contribution in [0.15, 0.2) is 24.3 Å². The lowest BCUT2D eigenvalue weighted by molar-refractivity contribution is -0.122. The minimum atomic E-state index is -0.363. The Balaban J connectivity index is 2.30. The molecule has 0 unspecified atom stereocenters. The average Bonchev–Trinajstić information content (AvgIpc) is 2.29. The van der Waals surface area contributed by atoms with E-state index in [4.69, 9.17) is 5.73 Å². The summed E-state index contributed by atoms with van der Waals surface area (Å²) >= 11 is 0. The Morgan fingerprint density at radius 3 is 2.88 bits per heavy atom. The molecule has 0 saturated heterocycles. The van der Waals surface area contributed by atoms with Gasteiger partial charge >= 0.3 is 0 Å². The van der Waals surface area contributed by atoms with E-state index in [2.05, 4.69) is 30.4 Å². The van der Waals surface area contributed by atoms with E-state index in [9.17, 15) is 4.79 Å². The van der Waals surface area contributed by atoms with Gasteiger partial charge in [-0.1, -0.05) is 43.2 Å². The fourth-order valence-electron chi connectivity index (χ4n) is 1.77. The van der Waals surface area contributed by atoms with Crippen molar-refractivity contribution < 1.29 is 4.79 Å². The van der Waals surface area contributed by atoms with Gasteiger partial charge in [0.05, 0.1) is 6.04 Å². The van der Waals surface area contributed by atoms with Gasteiger partial charge in [-0.3, -0.25) is 4.79 Å². The quantitative estimate of drug-likeness (QED) is 0.788. The number of rotatable bonds is 6. The van der Waals surface area contributed by atoms with Crippen LogP contribution in [-0.2, 0) is 11.2 Å². The summed E-state index contributed by atoms with van der Waals surface area (Å²) in [6.45, 7) is 4.75. The fraction of sp³-hybridized carbons (Fsp3) is 0.500. The van der Waals surface area contributed by atoms with Crippen LogP contribution in [0.1, 0.15) is 30.9 Å². The molecule has 0 radical (unpaired) electrons. The van der Waals surface area contributed by atoms with Crippen molar-refractivity contribution in [2.24, 2.45) is 5.73 Å². The van der Waals surface area contributed by atoms with E-state index in [1.807, 2.05) is 13.0 Å². The Morgan fingerprint density at radius 2 is 2.24 bits per heavy atom. The number of amides is 1. The highest BCUT2D eigenvalue weighted by Gasteiger charge is 2.10. The van der Waals surface area contributed by atoms with Crippen LogP contribution in [-0.4, -0.2) is 18.5 Å². The summed E-state index contributed by atoms with van der Waals surface area (Å²) in [7, 11) is 0. The van der Waals surface area contributed by atoms with Crippen molar-refractivity contribution in [2.45, 2.75) is 39.2 Å². The largest absolute Gasteiger partial charge is 0.354 e. The molecule has 3 heteroatoms. The molecule has 0 spiro atoms. The number of benzene rings is 1. The molecule has 0 aliphatic rings. The minimum Gasteiger partial charge on any atom is -0.354 e. The molecule has 1 aromatic rings. The minimum absolute atomic E-state index is 0.0421. The smallest absolute Gasteiger partial charge is 0.236 e. The molecule has 1 amide bonds. The van der Waals surface area contributed by atoms with E-state index in [0.717, 1.165) is 19.3 Å². The van der Waals surface area contributed by atoms with Crippen LogP contribution in [0, 0.1) is 6.92 Å². The fourth-order valence-corrected chi connectivity index (χ4v) is 1.77. The monoisotopic (exact) mass is 234 g/mol. The summed E-state index contributed by atoms with van der Waals surface area (Å²) in [6.07, 6.45) is 2.54. The third-order valence-electron chi connectivity index (χ3n) is 2.73. The van der Waals surface area contributed by atoms with Gasteiger partial charge in [0.1, 0.15) is 0 Å². The zero-order valence-electron chi connectivity index (χ0n) is 10.7. The summed E-state index contributed by atoms with van der Waals surface area (Å²) in [5, 5.41) is 2.87. The lowest BCUT2D eigenvalue weighted by Crippen LogP contribution is -2.41. The van der Waals surface area contributed by atoms with Gasteiger partial charge in [0.2, 0.25) is 5.91 Å². The summed E-state index contributed by atoms with van der Waals surface area (Å²) < 4.78 is 0. The molecule has 0 saturated carbocycles. The normalized spacial score (nSPS) is 12.2. The van der Waals surface area contributed by atoms with E-state index in [-0.39, 0.29) is 11.9 Å². The first kappa shape index (κ1) is 13.7. The molecule has 0 aromatic heterocycles. The molecule has 0 heterocycles. The maximum absolute atomic E-state index is 11.6. The van der Waals surface area contributed by atoms with Gasteiger partial charge in [0.15, 0.2) is 0 Å². The summed E-state index contributed by atoms with van der Waals surface area (Å²) in [6, 6.07) is 7.95. The van der Waals surface area contributed by atoms with E-state index in [0.29, 0.717) is 6.54 Å². The molecule has 0 bridgehead atoms. The Labute approximate surface area is 103 Å². The highest BCUT2D eigenvalue weighted by atomic mass is 16.2. The second-order valence-corrected chi connectivity index (χ2v) is 4.43. The predicted molar refractivity (Wildman–Crippen MR) is 70.8 cm³/mol.